The van der Waals surface area contributed by atoms with Crippen LogP contribution in [0, 0.1) is 0 Å². The monoisotopic (exact) mass is 398 g/mol. The van der Waals surface area contributed by atoms with Gasteiger partial charge in [-0.1, -0.05) is 84.9 Å². The lowest BCUT2D eigenvalue weighted by molar-refractivity contribution is -0.116. The molecule has 0 radical (unpaired) electrons. The van der Waals surface area contributed by atoms with Gasteiger partial charge in [-0.15, -0.1) is 17.0 Å². The number of carbonyl (C=O) groups is 1. The van der Waals surface area contributed by atoms with Gasteiger partial charge in [0, 0.05) is 6.42 Å². The summed E-state index contributed by atoms with van der Waals surface area (Å²) in [6.07, 6.45) is 0.495. The van der Waals surface area contributed by atoms with Gasteiger partial charge in [-0.25, -0.2) is 0 Å². The maximum absolute atomic E-state index is 11.7. The third-order valence-electron chi connectivity index (χ3n) is 3.70. The number of hydrogen-bond donors (Lipinski definition) is 0. The van der Waals surface area contributed by atoms with E-state index in [-0.39, 0.29) is 22.8 Å². The molecule has 24 heavy (non-hydrogen) atoms. The molecule has 0 fully saturated rings. The molecule has 3 aromatic carbocycles. The van der Waals surface area contributed by atoms with E-state index in [0.717, 1.165) is 5.56 Å². The molecule has 122 valence electrons. The standard InChI is InChI=1S/C21H19OP.BrH/c1-17(22)16-18-10-8-9-15-21(18)23(19-11-4-2-5-12-19)20-13-6-3-7-14-20;/h2-15H,16H2,1H3;1H. The lowest BCUT2D eigenvalue weighted by Crippen LogP contribution is -2.24. The second kappa shape index (κ2) is 8.92. The molecule has 3 heteroatoms. The normalized spacial score (nSPS) is 10.2. The third kappa shape index (κ3) is 4.41. The Labute approximate surface area is 155 Å². The Bertz CT molecular complexity index is 748. The first-order valence-corrected chi connectivity index (χ1v) is 9.07. The Morgan fingerprint density at radius 2 is 1.21 bits per heavy atom. The summed E-state index contributed by atoms with van der Waals surface area (Å²) in [4.78, 5) is 11.7. The number of carbonyl (C=O) groups excluding carboxylic acids is 1. The zero-order chi connectivity index (χ0) is 16.1. The van der Waals surface area contributed by atoms with Crippen molar-refractivity contribution in [1.29, 1.82) is 0 Å². The van der Waals surface area contributed by atoms with Crippen molar-refractivity contribution in [3.05, 3.63) is 90.5 Å². The van der Waals surface area contributed by atoms with Gasteiger partial charge in [0.2, 0.25) is 0 Å². The summed E-state index contributed by atoms with van der Waals surface area (Å²) in [5, 5.41) is 3.89. The fraction of sp³-hybridized carbons (Fsp3) is 0.0952. The molecule has 0 amide bonds. The molecule has 0 unspecified atom stereocenters. The van der Waals surface area contributed by atoms with E-state index in [1.54, 1.807) is 6.92 Å². The Hall–Kier alpha value is -1.76. The van der Waals surface area contributed by atoms with Crippen LogP contribution in [0.5, 0.6) is 0 Å². The van der Waals surface area contributed by atoms with Gasteiger partial charge in [0.05, 0.1) is 0 Å². The van der Waals surface area contributed by atoms with E-state index in [0.29, 0.717) is 6.42 Å². The van der Waals surface area contributed by atoms with Crippen LogP contribution in [0.4, 0.5) is 0 Å². The van der Waals surface area contributed by atoms with Crippen LogP contribution in [0.1, 0.15) is 12.5 Å². The van der Waals surface area contributed by atoms with Gasteiger partial charge in [-0.05, 0) is 36.3 Å². The Morgan fingerprint density at radius 1 is 0.750 bits per heavy atom. The molecule has 1 nitrogen and oxygen atoms in total. The van der Waals surface area contributed by atoms with Gasteiger partial charge in [0.25, 0.3) is 0 Å². The fourth-order valence-electron chi connectivity index (χ4n) is 2.73. The van der Waals surface area contributed by atoms with E-state index in [1.807, 2.05) is 18.2 Å². The maximum atomic E-state index is 11.7. The van der Waals surface area contributed by atoms with Crippen molar-refractivity contribution < 1.29 is 4.79 Å². The van der Waals surface area contributed by atoms with Gasteiger partial charge in [0.1, 0.15) is 5.78 Å². The van der Waals surface area contributed by atoms with Crippen LogP contribution in [0.15, 0.2) is 84.9 Å². The molecule has 0 spiro atoms. The van der Waals surface area contributed by atoms with Crippen LogP contribution < -0.4 is 15.9 Å². The first kappa shape index (κ1) is 18.6. The summed E-state index contributed by atoms with van der Waals surface area (Å²) in [7, 11) is -0.650. The minimum atomic E-state index is -0.650. The van der Waals surface area contributed by atoms with E-state index >= 15 is 0 Å². The van der Waals surface area contributed by atoms with Crippen molar-refractivity contribution in [2.75, 3.05) is 0 Å². The largest absolute Gasteiger partial charge is 0.300 e. The predicted molar refractivity (Wildman–Crippen MR) is 110 cm³/mol. The molecule has 0 atom stereocenters. The highest BCUT2D eigenvalue weighted by molar-refractivity contribution is 8.93. The third-order valence-corrected chi connectivity index (χ3v) is 6.25. The summed E-state index contributed by atoms with van der Waals surface area (Å²) in [5.74, 6) is 0.202. The summed E-state index contributed by atoms with van der Waals surface area (Å²) in [5.41, 5.74) is 1.14. The number of hydrogen-bond acceptors (Lipinski definition) is 1. The van der Waals surface area contributed by atoms with Crippen molar-refractivity contribution >= 4 is 46.6 Å². The zero-order valence-electron chi connectivity index (χ0n) is 13.6. The van der Waals surface area contributed by atoms with Crippen molar-refractivity contribution in [3.63, 3.8) is 0 Å². The average molecular weight is 399 g/mol. The van der Waals surface area contributed by atoms with E-state index in [9.17, 15) is 4.79 Å². The molecular formula is C21H20BrOP. The average Bonchev–Trinajstić information content (AvgIpc) is 2.58. The Morgan fingerprint density at radius 3 is 1.71 bits per heavy atom. The van der Waals surface area contributed by atoms with Crippen LogP contribution in [-0.4, -0.2) is 5.78 Å². The SMILES string of the molecule is Br.CC(=O)Cc1ccccc1P(c1ccccc1)c1ccccc1. The van der Waals surface area contributed by atoms with Crippen molar-refractivity contribution in [1.82, 2.24) is 0 Å². The van der Waals surface area contributed by atoms with Gasteiger partial charge < -0.3 is 0 Å². The Balaban J connectivity index is 0.00000208. The number of halogens is 1. The van der Waals surface area contributed by atoms with Crippen LogP contribution in [0.3, 0.4) is 0 Å². The predicted octanol–water partition coefficient (Wildman–Crippen LogP) is 4.15. The molecular weight excluding hydrogens is 379 g/mol. The molecule has 0 saturated carbocycles. The molecule has 3 rings (SSSR count). The van der Waals surface area contributed by atoms with Gasteiger partial charge in [-0.2, -0.15) is 0 Å². The first-order chi connectivity index (χ1) is 11.3. The molecule has 0 heterocycles. The summed E-state index contributed by atoms with van der Waals surface area (Å²) >= 11 is 0. The number of rotatable bonds is 5. The van der Waals surface area contributed by atoms with E-state index in [1.165, 1.54) is 15.9 Å². The number of Topliss-reactive ketones (excluding diaryl/α,β-unsaturated/α-hetero) is 1. The van der Waals surface area contributed by atoms with Gasteiger partial charge >= 0.3 is 0 Å². The molecule has 0 N–H and O–H groups in total. The lowest BCUT2D eigenvalue weighted by atomic mass is 10.1. The summed E-state index contributed by atoms with van der Waals surface area (Å²) < 4.78 is 0. The van der Waals surface area contributed by atoms with Crippen LogP contribution >= 0.6 is 24.9 Å². The molecule has 3 aromatic rings. The lowest BCUT2D eigenvalue weighted by Gasteiger charge is -2.22. The first-order valence-electron chi connectivity index (χ1n) is 7.73. The second-order valence-corrected chi connectivity index (χ2v) is 7.70. The van der Waals surface area contributed by atoms with E-state index < -0.39 is 7.92 Å². The highest BCUT2D eigenvalue weighted by atomic mass is 79.9. The highest BCUT2D eigenvalue weighted by Gasteiger charge is 2.19. The molecule has 0 bridgehead atoms. The molecule has 0 aliphatic carbocycles. The van der Waals surface area contributed by atoms with Crippen molar-refractivity contribution in [2.24, 2.45) is 0 Å². The zero-order valence-corrected chi connectivity index (χ0v) is 16.2. The van der Waals surface area contributed by atoms with Crippen molar-refractivity contribution in [3.8, 4) is 0 Å². The van der Waals surface area contributed by atoms with Gasteiger partial charge in [-0.3, -0.25) is 4.79 Å². The Kier molecular flexibility index (Phi) is 6.90. The maximum Gasteiger partial charge on any atom is 0.134 e. The minimum absolute atomic E-state index is 0. The summed E-state index contributed by atoms with van der Waals surface area (Å²) in [6, 6.07) is 29.5. The number of benzene rings is 3. The number of ketones is 1. The van der Waals surface area contributed by atoms with Crippen LogP contribution in [-0.2, 0) is 11.2 Å². The summed E-state index contributed by atoms with van der Waals surface area (Å²) in [6.45, 7) is 1.66. The van der Waals surface area contributed by atoms with E-state index in [4.69, 9.17) is 0 Å². The smallest absolute Gasteiger partial charge is 0.134 e. The molecule has 0 aliphatic rings. The second-order valence-electron chi connectivity index (χ2n) is 5.51. The topological polar surface area (TPSA) is 17.1 Å². The van der Waals surface area contributed by atoms with Gasteiger partial charge in [0.15, 0.2) is 0 Å². The fourth-order valence-corrected chi connectivity index (χ4v) is 5.20. The molecule has 0 aliphatic heterocycles. The molecule has 0 saturated heterocycles. The van der Waals surface area contributed by atoms with Crippen LogP contribution in [0.2, 0.25) is 0 Å². The molecule has 0 aromatic heterocycles. The quantitative estimate of drug-likeness (QED) is 0.589. The minimum Gasteiger partial charge on any atom is -0.300 e. The van der Waals surface area contributed by atoms with Crippen LogP contribution in [0.25, 0.3) is 0 Å². The van der Waals surface area contributed by atoms with E-state index in [2.05, 4.69) is 66.7 Å². The highest BCUT2D eigenvalue weighted by Crippen LogP contribution is 2.34. The van der Waals surface area contributed by atoms with Crippen molar-refractivity contribution in [2.45, 2.75) is 13.3 Å².